The van der Waals surface area contributed by atoms with Gasteiger partial charge >= 0.3 is 0 Å². The van der Waals surface area contributed by atoms with Crippen LogP contribution in [0.3, 0.4) is 0 Å². The van der Waals surface area contributed by atoms with Crippen LogP contribution in [-0.2, 0) is 5.11 Å². The van der Waals surface area contributed by atoms with Crippen molar-refractivity contribution >= 4 is 11.9 Å². The van der Waals surface area contributed by atoms with Gasteiger partial charge in [0.1, 0.15) is 0 Å². The molecule has 0 aliphatic rings. The highest BCUT2D eigenvalue weighted by atomic mass is 16.3. The molecule has 89 valence electrons. The van der Waals surface area contributed by atoms with Crippen LogP contribution in [0, 0.1) is 0 Å². The van der Waals surface area contributed by atoms with Gasteiger partial charge in [-0.05, 0) is 23.8 Å². The van der Waals surface area contributed by atoms with Crippen LogP contribution in [-0.4, -0.2) is 10.9 Å². The number of aromatic hydroxyl groups is 1. The molecular weight excluding hydrogens is 228 g/mol. The molecule has 1 radical (unpaired) electrons. The SMILES string of the molecule is [O]c1cc(/C=C/C(=O)c2ccccc2)ccc1O. The van der Waals surface area contributed by atoms with E-state index in [0.29, 0.717) is 11.1 Å². The van der Waals surface area contributed by atoms with E-state index in [2.05, 4.69) is 0 Å². The second kappa shape index (κ2) is 5.19. The van der Waals surface area contributed by atoms with Crippen molar-refractivity contribution in [3.8, 4) is 11.5 Å². The van der Waals surface area contributed by atoms with Crippen molar-refractivity contribution in [1.29, 1.82) is 0 Å². The molecule has 2 rings (SSSR count). The zero-order valence-electron chi connectivity index (χ0n) is 9.54. The van der Waals surface area contributed by atoms with Crippen LogP contribution in [0.25, 0.3) is 6.08 Å². The molecule has 0 heterocycles. The van der Waals surface area contributed by atoms with E-state index in [1.807, 2.05) is 6.07 Å². The average Bonchev–Trinajstić information content (AvgIpc) is 2.41. The number of phenols is 1. The van der Waals surface area contributed by atoms with Crippen LogP contribution in [0.2, 0.25) is 0 Å². The van der Waals surface area contributed by atoms with Gasteiger partial charge in [-0.2, -0.15) is 0 Å². The van der Waals surface area contributed by atoms with Gasteiger partial charge in [-0.25, -0.2) is 0 Å². The fourth-order valence-electron chi connectivity index (χ4n) is 1.50. The maximum Gasteiger partial charge on any atom is 0.220 e. The summed E-state index contributed by atoms with van der Waals surface area (Å²) in [6.07, 6.45) is 2.96. The minimum atomic E-state index is -0.454. The molecule has 0 atom stereocenters. The lowest BCUT2D eigenvalue weighted by molar-refractivity contribution is 0.104. The van der Waals surface area contributed by atoms with Crippen molar-refractivity contribution in [3.05, 3.63) is 65.7 Å². The predicted octanol–water partition coefficient (Wildman–Crippen LogP) is 3.43. The largest absolute Gasteiger partial charge is 0.504 e. The number of carbonyl (C=O) groups excluding carboxylic acids is 1. The van der Waals surface area contributed by atoms with E-state index < -0.39 is 5.75 Å². The van der Waals surface area contributed by atoms with Gasteiger partial charge in [0.25, 0.3) is 0 Å². The van der Waals surface area contributed by atoms with Crippen molar-refractivity contribution < 1.29 is 15.0 Å². The minimum absolute atomic E-state index is 0.129. The lowest BCUT2D eigenvalue weighted by Gasteiger charge is -1.97. The summed E-state index contributed by atoms with van der Waals surface area (Å²) in [4.78, 5) is 11.8. The van der Waals surface area contributed by atoms with Crippen LogP contribution < -0.4 is 0 Å². The van der Waals surface area contributed by atoms with Crippen LogP contribution in [0.5, 0.6) is 11.5 Å². The highest BCUT2D eigenvalue weighted by Crippen LogP contribution is 2.26. The third kappa shape index (κ3) is 2.77. The van der Waals surface area contributed by atoms with Crippen LogP contribution in [0.4, 0.5) is 0 Å². The number of carbonyl (C=O) groups is 1. The zero-order valence-corrected chi connectivity index (χ0v) is 9.54. The topological polar surface area (TPSA) is 57.2 Å². The first-order valence-corrected chi connectivity index (χ1v) is 5.44. The van der Waals surface area contributed by atoms with E-state index >= 15 is 0 Å². The molecule has 0 aromatic heterocycles. The fraction of sp³-hybridized carbons (Fsp3) is 0. The van der Waals surface area contributed by atoms with Crippen molar-refractivity contribution in [2.75, 3.05) is 0 Å². The van der Waals surface area contributed by atoms with Gasteiger partial charge in [0.05, 0.1) is 0 Å². The van der Waals surface area contributed by atoms with E-state index in [1.165, 1.54) is 18.2 Å². The maximum atomic E-state index is 11.8. The van der Waals surface area contributed by atoms with Gasteiger partial charge in [0.2, 0.25) is 5.75 Å². The molecule has 0 bridgehead atoms. The molecule has 3 nitrogen and oxygen atoms in total. The number of benzene rings is 2. The third-order valence-corrected chi connectivity index (χ3v) is 2.47. The second-order valence-electron chi connectivity index (χ2n) is 3.79. The summed E-state index contributed by atoms with van der Waals surface area (Å²) in [6, 6.07) is 13.0. The van der Waals surface area contributed by atoms with Gasteiger partial charge in [0.15, 0.2) is 11.5 Å². The Labute approximate surface area is 105 Å². The van der Waals surface area contributed by atoms with E-state index in [1.54, 1.807) is 36.4 Å². The quantitative estimate of drug-likeness (QED) is 0.659. The Morgan fingerprint density at radius 1 is 1.06 bits per heavy atom. The molecule has 0 saturated heterocycles. The van der Waals surface area contributed by atoms with E-state index in [-0.39, 0.29) is 11.5 Å². The Morgan fingerprint density at radius 2 is 1.78 bits per heavy atom. The highest BCUT2D eigenvalue weighted by molar-refractivity contribution is 6.06. The Bertz CT molecular complexity index is 586. The van der Waals surface area contributed by atoms with Crippen molar-refractivity contribution in [2.45, 2.75) is 0 Å². The van der Waals surface area contributed by atoms with E-state index in [0.717, 1.165) is 0 Å². The molecule has 0 aliphatic heterocycles. The number of rotatable bonds is 3. The fourth-order valence-corrected chi connectivity index (χ4v) is 1.50. The van der Waals surface area contributed by atoms with E-state index in [4.69, 9.17) is 5.11 Å². The monoisotopic (exact) mass is 239 g/mol. The summed E-state index contributed by atoms with van der Waals surface area (Å²) in [6.45, 7) is 0. The normalized spacial score (nSPS) is 10.7. The van der Waals surface area contributed by atoms with Crippen molar-refractivity contribution in [2.24, 2.45) is 0 Å². The molecule has 2 aromatic rings. The molecule has 18 heavy (non-hydrogen) atoms. The summed E-state index contributed by atoms with van der Waals surface area (Å²) >= 11 is 0. The van der Waals surface area contributed by atoms with Gasteiger partial charge in [-0.15, -0.1) is 0 Å². The molecule has 0 spiro atoms. The molecule has 1 N–H and O–H groups in total. The molecule has 0 unspecified atom stereocenters. The summed E-state index contributed by atoms with van der Waals surface area (Å²) in [5.41, 5.74) is 1.18. The molecular formula is C15H11O3. The second-order valence-corrected chi connectivity index (χ2v) is 3.79. The summed E-state index contributed by atoms with van der Waals surface area (Å²) in [5.74, 6) is -0.873. The Balaban J connectivity index is 2.16. The Kier molecular flexibility index (Phi) is 3.44. The van der Waals surface area contributed by atoms with Crippen LogP contribution >= 0.6 is 0 Å². The first-order chi connectivity index (χ1) is 8.66. The van der Waals surface area contributed by atoms with Crippen molar-refractivity contribution in [3.63, 3.8) is 0 Å². The first-order valence-electron chi connectivity index (χ1n) is 5.44. The molecule has 2 aromatic carbocycles. The lowest BCUT2D eigenvalue weighted by atomic mass is 10.1. The first kappa shape index (κ1) is 11.9. The molecule has 3 heteroatoms. The molecule has 0 amide bonds. The van der Waals surface area contributed by atoms with Gasteiger partial charge < -0.3 is 5.11 Å². The van der Waals surface area contributed by atoms with Crippen LogP contribution in [0.1, 0.15) is 15.9 Å². The summed E-state index contributed by atoms with van der Waals surface area (Å²) < 4.78 is 0. The standard InChI is InChI=1S/C15H11O3/c16-13(12-4-2-1-3-5-12)8-6-11-7-9-14(17)15(18)10-11/h1-10,17H/b8-6+. The number of phenolic OH excluding ortho intramolecular Hbond substituents is 1. The van der Waals surface area contributed by atoms with Gasteiger partial charge in [-0.3, -0.25) is 9.90 Å². The maximum absolute atomic E-state index is 11.8. The van der Waals surface area contributed by atoms with E-state index in [9.17, 15) is 9.90 Å². The molecule has 0 aliphatic carbocycles. The van der Waals surface area contributed by atoms with Crippen molar-refractivity contribution in [1.82, 2.24) is 0 Å². The average molecular weight is 239 g/mol. The number of allylic oxidation sites excluding steroid dienone is 1. The molecule has 0 fully saturated rings. The lowest BCUT2D eigenvalue weighted by Crippen LogP contribution is -1.92. The zero-order chi connectivity index (χ0) is 13.0. The smallest absolute Gasteiger partial charge is 0.220 e. The summed E-state index contributed by atoms with van der Waals surface area (Å²) in [5, 5.41) is 20.3. The number of hydrogen-bond donors (Lipinski definition) is 1. The minimum Gasteiger partial charge on any atom is -0.504 e. The highest BCUT2D eigenvalue weighted by Gasteiger charge is 2.02. The molecule has 0 saturated carbocycles. The van der Waals surface area contributed by atoms with Gasteiger partial charge in [-0.1, -0.05) is 42.5 Å². The summed E-state index contributed by atoms with van der Waals surface area (Å²) in [7, 11) is 0. The Morgan fingerprint density at radius 3 is 2.44 bits per heavy atom. The number of hydrogen-bond acceptors (Lipinski definition) is 2. The number of ketones is 1. The Hall–Kier alpha value is -2.55. The third-order valence-electron chi connectivity index (χ3n) is 2.47. The van der Waals surface area contributed by atoms with Crippen LogP contribution in [0.15, 0.2) is 54.6 Å². The van der Waals surface area contributed by atoms with Gasteiger partial charge in [0, 0.05) is 5.56 Å². The predicted molar refractivity (Wildman–Crippen MR) is 68.0 cm³/mol.